The molecule has 8 N–H and O–H groups in total. The maximum absolute atomic E-state index is 12.7. The van der Waals surface area contributed by atoms with Crippen LogP contribution in [-0.4, -0.2) is 76.6 Å². The Bertz CT molecular complexity index is 634. The van der Waals surface area contributed by atoms with Crippen molar-refractivity contribution in [2.75, 3.05) is 17.8 Å². The summed E-state index contributed by atoms with van der Waals surface area (Å²) in [6, 6.07) is -4.56. The number of thiol groups is 1. The van der Waals surface area contributed by atoms with Crippen LogP contribution in [0.15, 0.2) is 0 Å². The molecule has 4 atom stereocenters. The second-order valence-electron chi connectivity index (χ2n) is 6.93. The normalized spacial score (nSPS) is 14.9. The standard InChI is InChI=1S/C17H31N5O6S2/c1-8(2)13(22-14(24)9(18)7-29)16(26)21-11(6-12(19)23)15(25)20-10(17(27)28)4-5-30-3/h8-11,13,29H,4-7,18H2,1-3H3,(H2,19,23)(H,20,25)(H,21,26)(H,22,24)(H,27,28). The van der Waals surface area contributed by atoms with Crippen LogP contribution in [0.25, 0.3) is 0 Å². The van der Waals surface area contributed by atoms with E-state index in [0.29, 0.717) is 5.75 Å². The average Bonchev–Trinajstić information content (AvgIpc) is 2.66. The number of thioether (sulfide) groups is 1. The number of aliphatic carboxylic acids is 1. The molecule has 0 bridgehead atoms. The van der Waals surface area contributed by atoms with E-state index in [1.807, 2.05) is 0 Å². The number of hydrogen-bond acceptors (Lipinski definition) is 8. The largest absolute Gasteiger partial charge is 0.480 e. The average molecular weight is 466 g/mol. The minimum Gasteiger partial charge on any atom is -0.480 e. The van der Waals surface area contributed by atoms with Crippen LogP contribution in [0, 0.1) is 5.92 Å². The second kappa shape index (κ2) is 14.1. The van der Waals surface area contributed by atoms with Crippen LogP contribution in [0.2, 0.25) is 0 Å². The Morgan fingerprint density at radius 2 is 1.57 bits per heavy atom. The molecule has 0 aliphatic rings. The van der Waals surface area contributed by atoms with Gasteiger partial charge in [-0.25, -0.2) is 4.79 Å². The predicted molar refractivity (Wildman–Crippen MR) is 117 cm³/mol. The Morgan fingerprint density at radius 3 is 2.00 bits per heavy atom. The molecule has 0 radical (unpaired) electrons. The lowest BCUT2D eigenvalue weighted by molar-refractivity contribution is -0.142. The lowest BCUT2D eigenvalue weighted by Crippen LogP contribution is -2.59. The van der Waals surface area contributed by atoms with Gasteiger partial charge in [-0.1, -0.05) is 13.8 Å². The number of rotatable bonds is 14. The molecular formula is C17H31N5O6S2. The van der Waals surface area contributed by atoms with Crippen molar-refractivity contribution in [1.29, 1.82) is 0 Å². The smallest absolute Gasteiger partial charge is 0.326 e. The first-order chi connectivity index (χ1) is 13.9. The Labute approximate surface area is 185 Å². The topological polar surface area (TPSA) is 194 Å². The van der Waals surface area contributed by atoms with Crippen LogP contribution in [0.1, 0.15) is 26.7 Å². The van der Waals surface area contributed by atoms with Gasteiger partial charge in [-0.2, -0.15) is 24.4 Å². The van der Waals surface area contributed by atoms with E-state index in [4.69, 9.17) is 11.5 Å². The van der Waals surface area contributed by atoms with Gasteiger partial charge in [-0.15, -0.1) is 0 Å². The zero-order valence-electron chi connectivity index (χ0n) is 17.2. The van der Waals surface area contributed by atoms with Crippen molar-refractivity contribution in [1.82, 2.24) is 16.0 Å². The molecule has 0 aliphatic heterocycles. The van der Waals surface area contributed by atoms with Crippen LogP contribution < -0.4 is 27.4 Å². The number of carbonyl (C=O) groups excluding carboxylic acids is 4. The number of nitrogens with one attached hydrogen (secondary N) is 3. The summed E-state index contributed by atoms with van der Waals surface area (Å²) >= 11 is 5.34. The van der Waals surface area contributed by atoms with Crippen LogP contribution in [0.4, 0.5) is 0 Å². The maximum Gasteiger partial charge on any atom is 0.326 e. The van der Waals surface area contributed by atoms with Gasteiger partial charge in [0.25, 0.3) is 0 Å². The number of carboxylic acids is 1. The summed E-state index contributed by atoms with van der Waals surface area (Å²) in [5.74, 6) is -4.12. The first-order valence-electron chi connectivity index (χ1n) is 9.22. The molecule has 0 saturated heterocycles. The molecule has 13 heteroatoms. The Balaban J connectivity index is 5.38. The van der Waals surface area contributed by atoms with Crippen LogP contribution in [-0.2, 0) is 24.0 Å². The van der Waals surface area contributed by atoms with Crippen molar-refractivity contribution >= 4 is 54.0 Å². The SMILES string of the molecule is CSCCC(NC(=O)C(CC(N)=O)NC(=O)C(NC(=O)C(N)CS)C(C)C)C(=O)O. The molecule has 0 aromatic heterocycles. The van der Waals surface area contributed by atoms with Gasteiger partial charge in [0.1, 0.15) is 18.1 Å². The van der Waals surface area contributed by atoms with E-state index in [2.05, 4.69) is 28.6 Å². The van der Waals surface area contributed by atoms with Gasteiger partial charge in [-0.05, 0) is 24.3 Å². The van der Waals surface area contributed by atoms with Gasteiger partial charge in [0.2, 0.25) is 23.6 Å². The number of amides is 4. The van der Waals surface area contributed by atoms with E-state index in [-0.39, 0.29) is 18.1 Å². The molecule has 0 aromatic rings. The predicted octanol–water partition coefficient (Wildman–Crippen LogP) is -1.93. The molecule has 4 amide bonds. The van der Waals surface area contributed by atoms with Gasteiger partial charge in [0.15, 0.2) is 0 Å². The van der Waals surface area contributed by atoms with Crippen molar-refractivity contribution in [3.05, 3.63) is 0 Å². The molecule has 0 rings (SSSR count). The number of nitrogens with two attached hydrogens (primary N) is 2. The molecule has 0 aromatic carbocycles. The van der Waals surface area contributed by atoms with E-state index < -0.39 is 60.2 Å². The van der Waals surface area contributed by atoms with Crippen molar-refractivity contribution in [3.8, 4) is 0 Å². The van der Waals surface area contributed by atoms with Gasteiger partial charge in [0, 0.05) is 5.75 Å². The molecular weight excluding hydrogens is 434 g/mol. The summed E-state index contributed by atoms with van der Waals surface area (Å²) in [7, 11) is 0. The van der Waals surface area contributed by atoms with Crippen LogP contribution >= 0.6 is 24.4 Å². The summed E-state index contributed by atoms with van der Waals surface area (Å²) in [5, 5.41) is 16.4. The first kappa shape index (κ1) is 28.0. The highest BCUT2D eigenvalue weighted by Crippen LogP contribution is 2.06. The maximum atomic E-state index is 12.7. The molecule has 4 unspecified atom stereocenters. The van der Waals surface area contributed by atoms with Crippen LogP contribution in [0.3, 0.4) is 0 Å². The fourth-order valence-electron chi connectivity index (χ4n) is 2.32. The lowest BCUT2D eigenvalue weighted by atomic mass is 10.0. The van der Waals surface area contributed by atoms with Gasteiger partial charge in [0.05, 0.1) is 12.5 Å². The quantitative estimate of drug-likeness (QED) is 0.144. The van der Waals surface area contributed by atoms with E-state index >= 15 is 0 Å². The molecule has 0 heterocycles. The third kappa shape index (κ3) is 10.2. The van der Waals surface area contributed by atoms with E-state index in [1.54, 1.807) is 20.1 Å². The molecule has 172 valence electrons. The van der Waals surface area contributed by atoms with E-state index in [9.17, 15) is 29.1 Å². The number of carboxylic acid groups (broad SMARTS) is 1. The minimum absolute atomic E-state index is 0.0671. The molecule has 30 heavy (non-hydrogen) atoms. The molecule has 0 fully saturated rings. The second-order valence-corrected chi connectivity index (χ2v) is 8.28. The van der Waals surface area contributed by atoms with Crippen LogP contribution in [0.5, 0.6) is 0 Å². The highest BCUT2D eigenvalue weighted by molar-refractivity contribution is 7.98. The molecule has 0 saturated carbocycles. The van der Waals surface area contributed by atoms with Crippen molar-refractivity contribution in [2.24, 2.45) is 17.4 Å². The van der Waals surface area contributed by atoms with Crippen molar-refractivity contribution < 1.29 is 29.1 Å². The first-order valence-corrected chi connectivity index (χ1v) is 11.2. The fourth-order valence-corrected chi connectivity index (χ4v) is 2.95. The third-order valence-electron chi connectivity index (χ3n) is 4.04. The van der Waals surface area contributed by atoms with Gasteiger partial charge in [-0.3, -0.25) is 19.2 Å². The zero-order valence-corrected chi connectivity index (χ0v) is 18.9. The number of primary amides is 1. The Morgan fingerprint density at radius 1 is 1.00 bits per heavy atom. The third-order valence-corrected chi connectivity index (χ3v) is 5.08. The Kier molecular flexibility index (Phi) is 13.2. The highest BCUT2D eigenvalue weighted by atomic mass is 32.2. The molecule has 0 spiro atoms. The lowest BCUT2D eigenvalue weighted by Gasteiger charge is -2.26. The minimum atomic E-state index is -1.40. The van der Waals surface area contributed by atoms with Gasteiger partial charge >= 0.3 is 5.97 Å². The summed E-state index contributed by atoms with van der Waals surface area (Å²) in [4.78, 5) is 60.0. The molecule has 11 nitrogen and oxygen atoms in total. The van der Waals surface area contributed by atoms with E-state index in [1.165, 1.54) is 11.8 Å². The zero-order chi connectivity index (χ0) is 23.4. The van der Waals surface area contributed by atoms with Gasteiger partial charge < -0.3 is 32.5 Å². The summed E-state index contributed by atoms with van der Waals surface area (Å²) in [5.41, 5.74) is 10.8. The summed E-state index contributed by atoms with van der Waals surface area (Å²) in [6.07, 6.45) is 1.41. The van der Waals surface area contributed by atoms with Crippen molar-refractivity contribution in [2.45, 2.75) is 50.9 Å². The van der Waals surface area contributed by atoms with Crippen molar-refractivity contribution in [3.63, 3.8) is 0 Å². The van der Waals surface area contributed by atoms with E-state index in [0.717, 1.165) is 0 Å². The number of carbonyl (C=O) groups is 5. The summed E-state index contributed by atoms with van der Waals surface area (Å²) < 4.78 is 0. The Hall–Kier alpha value is -1.99. The summed E-state index contributed by atoms with van der Waals surface area (Å²) in [6.45, 7) is 3.34. The monoisotopic (exact) mass is 465 g/mol. The molecule has 0 aliphatic carbocycles. The number of hydrogen-bond donors (Lipinski definition) is 7. The fraction of sp³-hybridized carbons (Fsp3) is 0.706. The highest BCUT2D eigenvalue weighted by Gasteiger charge is 2.32.